The van der Waals surface area contributed by atoms with E-state index in [4.69, 9.17) is 11.6 Å². The van der Waals surface area contributed by atoms with E-state index in [1.807, 2.05) is 30.3 Å². The number of benzene rings is 2. The molecule has 5 rings (SSSR count). The molecule has 0 fully saturated rings. The van der Waals surface area contributed by atoms with Crippen LogP contribution in [0.15, 0.2) is 85.2 Å². The molecule has 0 unspecified atom stereocenters. The van der Waals surface area contributed by atoms with E-state index in [0.717, 1.165) is 12.5 Å². The molecule has 0 bridgehead atoms. The van der Waals surface area contributed by atoms with E-state index in [1.54, 1.807) is 18.3 Å². The standard InChI is InChI=1S/C29H23ClF2N4O3/c1-28(39)22-16-20(30)10-11-23(22)36(15-13-29(28,31)32)27(38)19-9-12-24(34-17-19)35-26(37)21-8-5-14-33-25(21)18-6-3-2-4-7-18/h2-12,14,16-17,39H,13,15H2,1H3,(H,34,35,37)/t28-/m1/s1. The van der Waals surface area contributed by atoms with Gasteiger partial charge in [0.05, 0.1) is 22.5 Å². The van der Waals surface area contributed by atoms with E-state index in [9.17, 15) is 23.5 Å². The fraction of sp³-hybridized carbons (Fsp3) is 0.172. The highest BCUT2D eigenvalue weighted by atomic mass is 35.5. The van der Waals surface area contributed by atoms with Gasteiger partial charge in [0.15, 0.2) is 5.60 Å². The monoisotopic (exact) mass is 548 g/mol. The van der Waals surface area contributed by atoms with Gasteiger partial charge in [-0.3, -0.25) is 14.6 Å². The summed E-state index contributed by atoms with van der Waals surface area (Å²) in [4.78, 5) is 36.2. The van der Waals surface area contributed by atoms with Gasteiger partial charge in [-0.05, 0) is 49.4 Å². The van der Waals surface area contributed by atoms with Gasteiger partial charge in [0.1, 0.15) is 5.82 Å². The van der Waals surface area contributed by atoms with Gasteiger partial charge in [-0.15, -0.1) is 0 Å². The fourth-order valence-electron chi connectivity index (χ4n) is 4.51. The number of nitrogens with one attached hydrogen (secondary N) is 1. The second kappa shape index (κ2) is 10.2. The summed E-state index contributed by atoms with van der Waals surface area (Å²) in [5.41, 5.74) is -0.791. The smallest absolute Gasteiger partial charge is 0.281 e. The maximum absolute atomic E-state index is 14.9. The molecule has 1 aliphatic rings. The number of anilines is 2. The van der Waals surface area contributed by atoms with Crippen LogP contribution in [0.5, 0.6) is 0 Å². The zero-order chi connectivity index (χ0) is 27.8. The number of aliphatic hydroxyl groups is 1. The predicted molar refractivity (Wildman–Crippen MR) is 144 cm³/mol. The molecule has 2 amide bonds. The number of hydrogen-bond donors (Lipinski definition) is 2. The molecule has 0 radical (unpaired) electrons. The van der Waals surface area contributed by atoms with Crippen LogP contribution in [0, 0.1) is 0 Å². The summed E-state index contributed by atoms with van der Waals surface area (Å²) in [5.74, 6) is -4.33. The predicted octanol–water partition coefficient (Wildman–Crippen LogP) is 5.94. The van der Waals surface area contributed by atoms with Crippen LogP contribution in [-0.4, -0.2) is 39.4 Å². The van der Waals surface area contributed by atoms with Crippen molar-refractivity contribution < 1.29 is 23.5 Å². The second-order valence-electron chi connectivity index (χ2n) is 9.30. The summed E-state index contributed by atoms with van der Waals surface area (Å²) in [6, 6.07) is 19.6. The minimum atomic E-state index is -3.50. The Morgan fingerprint density at radius 3 is 2.51 bits per heavy atom. The Kier molecular flexibility index (Phi) is 6.88. The number of carbonyl (C=O) groups is 2. The SMILES string of the molecule is C[C@@]1(O)c2cc(Cl)ccc2N(C(=O)c2ccc(NC(=O)c3cccnc3-c3ccccc3)nc2)CCC1(F)F. The van der Waals surface area contributed by atoms with Crippen molar-refractivity contribution in [2.45, 2.75) is 24.9 Å². The summed E-state index contributed by atoms with van der Waals surface area (Å²) in [6.45, 7) is 0.680. The molecule has 2 aromatic heterocycles. The lowest BCUT2D eigenvalue weighted by Crippen LogP contribution is -2.42. The minimum absolute atomic E-state index is 0.116. The van der Waals surface area contributed by atoms with Gasteiger partial charge in [0.2, 0.25) is 0 Å². The molecule has 7 nitrogen and oxygen atoms in total. The molecule has 39 heavy (non-hydrogen) atoms. The van der Waals surface area contributed by atoms with Crippen LogP contribution < -0.4 is 10.2 Å². The number of nitrogens with zero attached hydrogens (tertiary/aromatic N) is 3. The van der Waals surface area contributed by atoms with E-state index in [-0.39, 0.29) is 34.2 Å². The molecule has 1 atom stereocenters. The van der Waals surface area contributed by atoms with E-state index >= 15 is 0 Å². The number of aromatic nitrogens is 2. The van der Waals surface area contributed by atoms with Gasteiger partial charge >= 0.3 is 0 Å². The van der Waals surface area contributed by atoms with Gasteiger partial charge < -0.3 is 15.3 Å². The normalized spacial score (nSPS) is 18.1. The van der Waals surface area contributed by atoms with Crippen LogP contribution in [0.25, 0.3) is 11.3 Å². The Bertz CT molecular complexity index is 1550. The first-order valence-corrected chi connectivity index (χ1v) is 12.5. The van der Waals surface area contributed by atoms with Gasteiger partial charge in [-0.1, -0.05) is 41.9 Å². The second-order valence-corrected chi connectivity index (χ2v) is 9.73. The van der Waals surface area contributed by atoms with Gasteiger partial charge in [-0.2, -0.15) is 0 Å². The van der Waals surface area contributed by atoms with E-state index < -0.39 is 29.8 Å². The Balaban J connectivity index is 1.39. The zero-order valence-electron chi connectivity index (χ0n) is 20.7. The molecule has 0 spiro atoms. The molecule has 3 heterocycles. The topological polar surface area (TPSA) is 95.4 Å². The summed E-state index contributed by atoms with van der Waals surface area (Å²) >= 11 is 6.03. The van der Waals surface area contributed by atoms with Gasteiger partial charge in [0, 0.05) is 41.5 Å². The third-order valence-electron chi connectivity index (χ3n) is 6.73. The lowest BCUT2D eigenvalue weighted by Gasteiger charge is -2.32. The van der Waals surface area contributed by atoms with Crippen LogP contribution in [0.3, 0.4) is 0 Å². The van der Waals surface area contributed by atoms with E-state index in [2.05, 4.69) is 15.3 Å². The van der Waals surface area contributed by atoms with Crippen molar-refractivity contribution in [1.29, 1.82) is 0 Å². The average Bonchev–Trinajstić information content (AvgIpc) is 3.01. The van der Waals surface area contributed by atoms with Crippen molar-refractivity contribution in [2.75, 3.05) is 16.8 Å². The van der Waals surface area contributed by atoms with Crippen LogP contribution in [-0.2, 0) is 5.60 Å². The number of alkyl halides is 2. The Hall–Kier alpha value is -4.21. The van der Waals surface area contributed by atoms with Crippen molar-refractivity contribution in [2.24, 2.45) is 0 Å². The number of hydrogen-bond acceptors (Lipinski definition) is 5. The van der Waals surface area contributed by atoms with Crippen molar-refractivity contribution in [3.63, 3.8) is 0 Å². The molecule has 0 saturated carbocycles. The van der Waals surface area contributed by atoms with Crippen LogP contribution in [0.1, 0.15) is 39.6 Å². The van der Waals surface area contributed by atoms with Crippen molar-refractivity contribution >= 4 is 34.9 Å². The van der Waals surface area contributed by atoms with E-state index in [0.29, 0.717) is 11.3 Å². The van der Waals surface area contributed by atoms with Crippen LogP contribution >= 0.6 is 11.6 Å². The molecular formula is C29H23ClF2N4O3. The number of pyridine rings is 2. The van der Waals surface area contributed by atoms with Gasteiger partial charge in [0.25, 0.3) is 17.7 Å². The summed E-state index contributed by atoms with van der Waals surface area (Å²) in [7, 11) is 0. The van der Waals surface area contributed by atoms with Crippen LogP contribution in [0.2, 0.25) is 5.02 Å². The number of amides is 2. The number of halogens is 3. The van der Waals surface area contributed by atoms with E-state index in [1.165, 1.54) is 41.4 Å². The summed E-state index contributed by atoms with van der Waals surface area (Å²) in [6.07, 6.45) is 2.10. The minimum Gasteiger partial charge on any atom is -0.379 e. The van der Waals surface area contributed by atoms with Crippen molar-refractivity contribution in [3.05, 3.63) is 107 Å². The van der Waals surface area contributed by atoms with Gasteiger partial charge in [-0.25, -0.2) is 13.8 Å². The number of fused-ring (bicyclic) bond motifs is 1. The fourth-order valence-corrected chi connectivity index (χ4v) is 4.68. The summed E-state index contributed by atoms with van der Waals surface area (Å²) < 4.78 is 29.7. The van der Waals surface area contributed by atoms with Crippen LogP contribution in [0.4, 0.5) is 20.3 Å². The molecular weight excluding hydrogens is 526 g/mol. The third-order valence-corrected chi connectivity index (χ3v) is 6.97. The highest BCUT2D eigenvalue weighted by molar-refractivity contribution is 6.30. The molecule has 10 heteroatoms. The first-order valence-electron chi connectivity index (χ1n) is 12.1. The molecule has 4 aromatic rings. The maximum Gasteiger partial charge on any atom is 0.281 e. The Morgan fingerprint density at radius 1 is 1.03 bits per heavy atom. The molecule has 198 valence electrons. The van der Waals surface area contributed by atoms with Crippen molar-refractivity contribution in [3.8, 4) is 11.3 Å². The molecule has 1 aliphatic heterocycles. The Morgan fingerprint density at radius 2 is 1.79 bits per heavy atom. The largest absolute Gasteiger partial charge is 0.379 e. The maximum atomic E-state index is 14.9. The first kappa shape index (κ1) is 26.4. The lowest BCUT2D eigenvalue weighted by atomic mass is 9.87. The van der Waals surface area contributed by atoms with Crippen molar-refractivity contribution in [1.82, 2.24) is 9.97 Å². The lowest BCUT2D eigenvalue weighted by molar-refractivity contribution is -0.177. The zero-order valence-corrected chi connectivity index (χ0v) is 21.5. The molecule has 0 saturated heterocycles. The number of rotatable bonds is 4. The Labute approximate surface area is 228 Å². The quantitative estimate of drug-likeness (QED) is 0.329. The highest BCUT2D eigenvalue weighted by Crippen LogP contribution is 2.47. The molecule has 2 N–H and O–H groups in total. The molecule has 0 aliphatic carbocycles. The average molecular weight is 549 g/mol. The molecule has 2 aromatic carbocycles. The third kappa shape index (κ3) is 4.98. The number of carbonyl (C=O) groups excluding carboxylic acids is 2. The summed E-state index contributed by atoms with van der Waals surface area (Å²) in [5, 5.41) is 13.6. The highest BCUT2D eigenvalue weighted by Gasteiger charge is 2.53. The first-order chi connectivity index (χ1) is 18.6.